The van der Waals surface area contributed by atoms with Crippen molar-refractivity contribution in [2.45, 2.75) is 45.4 Å². The minimum Gasteiger partial charge on any atom is -0.393 e. The van der Waals surface area contributed by atoms with E-state index >= 15 is 0 Å². The smallest absolute Gasteiger partial charge is 0.267 e. The monoisotopic (exact) mass is 342 g/mol. The van der Waals surface area contributed by atoms with Crippen molar-refractivity contribution in [2.24, 2.45) is 5.92 Å². The van der Waals surface area contributed by atoms with Crippen LogP contribution in [-0.2, 0) is 11.3 Å². The van der Waals surface area contributed by atoms with Gasteiger partial charge in [0, 0.05) is 12.3 Å². The molecule has 0 spiro atoms. The van der Waals surface area contributed by atoms with Crippen LogP contribution in [0.25, 0.3) is 0 Å². The van der Waals surface area contributed by atoms with Gasteiger partial charge in [-0.2, -0.15) is 5.10 Å². The summed E-state index contributed by atoms with van der Waals surface area (Å²) in [6.07, 6.45) is 2.61. The van der Waals surface area contributed by atoms with Crippen LogP contribution in [0.2, 0.25) is 0 Å². The van der Waals surface area contributed by atoms with Gasteiger partial charge < -0.3 is 10.4 Å². The Morgan fingerprint density at radius 2 is 2.16 bits per heavy atom. The Bertz CT molecular complexity index is 813. The summed E-state index contributed by atoms with van der Waals surface area (Å²) in [5, 5.41) is 16.7. The summed E-state index contributed by atoms with van der Waals surface area (Å²) in [4.78, 5) is 28.8. The number of aliphatic hydroxyl groups is 1. The molecular formula is C18H22N4O3. The van der Waals surface area contributed by atoms with Crippen molar-refractivity contribution < 1.29 is 9.90 Å². The third kappa shape index (κ3) is 3.93. The maximum absolute atomic E-state index is 12.5. The largest absolute Gasteiger partial charge is 0.393 e. The molecule has 2 aromatic rings. The quantitative estimate of drug-likeness (QED) is 0.841. The van der Waals surface area contributed by atoms with Crippen molar-refractivity contribution in [2.75, 3.05) is 0 Å². The first-order valence-corrected chi connectivity index (χ1v) is 8.37. The molecule has 3 rings (SSSR count). The Morgan fingerprint density at radius 3 is 2.80 bits per heavy atom. The normalized spacial score (nSPS) is 20.6. The summed E-state index contributed by atoms with van der Waals surface area (Å²) in [7, 11) is 0. The van der Waals surface area contributed by atoms with Crippen molar-refractivity contribution in [3.63, 3.8) is 0 Å². The van der Waals surface area contributed by atoms with E-state index in [1.54, 1.807) is 13.1 Å². The zero-order valence-corrected chi connectivity index (χ0v) is 14.3. The van der Waals surface area contributed by atoms with E-state index in [-0.39, 0.29) is 36.1 Å². The molecule has 1 saturated carbocycles. The number of amides is 1. The van der Waals surface area contributed by atoms with Crippen LogP contribution in [0.4, 0.5) is 0 Å². The lowest BCUT2D eigenvalue weighted by Crippen LogP contribution is -2.43. The number of rotatable bonds is 5. The second-order valence-electron chi connectivity index (χ2n) is 6.59. The lowest BCUT2D eigenvalue weighted by atomic mass is 9.76. The van der Waals surface area contributed by atoms with Crippen LogP contribution >= 0.6 is 0 Å². The number of carbonyl (C=O) groups excluding carboxylic acids is 1. The minimum absolute atomic E-state index is 0.137. The Labute approximate surface area is 145 Å². The first-order valence-electron chi connectivity index (χ1n) is 8.37. The van der Waals surface area contributed by atoms with Gasteiger partial charge in [-0.25, -0.2) is 4.68 Å². The van der Waals surface area contributed by atoms with Gasteiger partial charge >= 0.3 is 0 Å². The highest BCUT2D eigenvalue weighted by molar-refractivity contribution is 5.76. The summed E-state index contributed by atoms with van der Waals surface area (Å²) in [6.45, 7) is 3.47. The Hall–Kier alpha value is -2.54. The molecule has 0 aromatic carbocycles. The van der Waals surface area contributed by atoms with E-state index in [1.165, 1.54) is 10.7 Å². The number of nitrogens with zero attached hydrogens (tertiary/aromatic N) is 3. The van der Waals surface area contributed by atoms with Crippen molar-refractivity contribution in [1.29, 1.82) is 0 Å². The lowest BCUT2D eigenvalue weighted by Gasteiger charge is -2.37. The fraction of sp³-hybridized carbons (Fsp3) is 0.444. The number of carbonyl (C=O) groups is 1. The van der Waals surface area contributed by atoms with Gasteiger partial charge in [0.25, 0.3) is 5.56 Å². The standard InChI is InChI=1S/C18H22N4O3/c1-11-7-17(25)22(21-12(11)2)10-16(24)20-18(13-8-14(23)9-13)15-5-3-4-6-19-15/h3-7,13-14,18,23H,8-10H2,1-2H3,(H,20,24)/t13?,14?,18-/m1/s1. The molecule has 0 unspecified atom stereocenters. The fourth-order valence-corrected chi connectivity index (χ4v) is 3.04. The van der Waals surface area contributed by atoms with Crippen LogP contribution < -0.4 is 10.9 Å². The maximum Gasteiger partial charge on any atom is 0.267 e. The number of aromatic nitrogens is 3. The topological polar surface area (TPSA) is 97.1 Å². The van der Waals surface area contributed by atoms with Gasteiger partial charge in [-0.3, -0.25) is 14.6 Å². The third-order valence-corrected chi connectivity index (χ3v) is 4.67. The zero-order chi connectivity index (χ0) is 18.0. The number of pyridine rings is 1. The average molecular weight is 342 g/mol. The summed E-state index contributed by atoms with van der Waals surface area (Å²) in [5.74, 6) is -0.159. The molecule has 0 aliphatic heterocycles. The number of hydrogen-bond donors (Lipinski definition) is 2. The number of aliphatic hydroxyl groups excluding tert-OH is 1. The molecule has 132 valence electrons. The number of nitrogens with one attached hydrogen (secondary N) is 1. The molecule has 0 radical (unpaired) electrons. The summed E-state index contributed by atoms with van der Waals surface area (Å²) < 4.78 is 1.17. The second kappa shape index (κ2) is 7.14. The predicted molar refractivity (Wildman–Crippen MR) is 91.8 cm³/mol. The first-order chi connectivity index (χ1) is 11.9. The minimum atomic E-state index is -0.322. The molecule has 2 N–H and O–H groups in total. The average Bonchev–Trinajstić information content (AvgIpc) is 2.56. The van der Waals surface area contributed by atoms with Crippen molar-refractivity contribution >= 4 is 5.91 Å². The van der Waals surface area contributed by atoms with E-state index in [4.69, 9.17) is 0 Å². The zero-order valence-electron chi connectivity index (χ0n) is 14.3. The van der Waals surface area contributed by atoms with Gasteiger partial charge in [0.2, 0.25) is 5.91 Å². The summed E-state index contributed by atoms with van der Waals surface area (Å²) in [6, 6.07) is 6.74. The maximum atomic E-state index is 12.5. The molecule has 1 atom stereocenters. The third-order valence-electron chi connectivity index (χ3n) is 4.67. The van der Waals surface area contributed by atoms with Crippen molar-refractivity contribution in [1.82, 2.24) is 20.1 Å². The van der Waals surface area contributed by atoms with E-state index in [9.17, 15) is 14.7 Å². The SMILES string of the molecule is Cc1cc(=O)n(CC(=O)N[C@@H](c2ccccn2)C2CC(O)C2)nc1C. The molecule has 7 heteroatoms. The van der Waals surface area contributed by atoms with Crippen molar-refractivity contribution in [3.05, 3.63) is 57.8 Å². The Balaban J connectivity index is 1.75. The molecule has 0 bridgehead atoms. The predicted octanol–water partition coefficient (Wildman–Crippen LogP) is 0.884. The van der Waals surface area contributed by atoms with E-state index in [0.717, 1.165) is 17.0 Å². The van der Waals surface area contributed by atoms with Crippen LogP contribution in [0.3, 0.4) is 0 Å². The van der Waals surface area contributed by atoms with Crippen LogP contribution in [0.15, 0.2) is 35.3 Å². The lowest BCUT2D eigenvalue weighted by molar-refractivity contribution is -0.124. The number of aryl methyl sites for hydroxylation is 2. The van der Waals surface area contributed by atoms with E-state index < -0.39 is 0 Å². The Kier molecular flexibility index (Phi) is 4.94. The fourth-order valence-electron chi connectivity index (χ4n) is 3.04. The van der Waals surface area contributed by atoms with Gasteiger partial charge in [0.05, 0.1) is 23.5 Å². The van der Waals surface area contributed by atoms with E-state index in [2.05, 4.69) is 15.4 Å². The van der Waals surface area contributed by atoms with Gasteiger partial charge in [-0.1, -0.05) is 6.07 Å². The first kappa shape index (κ1) is 17.3. The highest BCUT2D eigenvalue weighted by Gasteiger charge is 2.36. The van der Waals surface area contributed by atoms with Crippen LogP contribution in [0.1, 0.15) is 35.8 Å². The molecule has 1 fully saturated rings. The second-order valence-corrected chi connectivity index (χ2v) is 6.59. The van der Waals surface area contributed by atoms with Gasteiger partial charge in [0.15, 0.2) is 0 Å². The molecule has 1 amide bonds. The molecule has 2 heterocycles. The molecule has 25 heavy (non-hydrogen) atoms. The molecule has 7 nitrogen and oxygen atoms in total. The molecule has 1 aliphatic carbocycles. The molecule has 1 aliphatic rings. The van der Waals surface area contributed by atoms with Crippen LogP contribution in [0, 0.1) is 19.8 Å². The van der Waals surface area contributed by atoms with E-state index in [1.807, 2.05) is 25.1 Å². The van der Waals surface area contributed by atoms with Crippen LogP contribution in [0.5, 0.6) is 0 Å². The van der Waals surface area contributed by atoms with Crippen molar-refractivity contribution in [3.8, 4) is 0 Å². The molecule has 0 saturated heterocycles. The summed E-state index contributed by atoms with van der Waals surface area (Å²) in [5.41, 5.74) is 1.98. The van der Waals surface area contributed by atoms with E-state index in [0.29, 0.717) is 12.8 Å². The van der Waals surface area contributed by atoms with Crippen LogP contribution in [-0.4, -0.2) is 31.9 Å². The summed E-state index contributed by atoms with van der Waals surface area (Å²) >= 11 is 0. The van der Waals surface area contributed by atoms with Gasteiger partial charge in [-0.15, -0.1) is 0 Å². The number of hydrogen-bond acceptors (Lipinski definition) is 5. The van der Waals surface area contributed by atoms with Gasteiger partial charge in [-0.05, 0) is 50.3 Å². The Morgan fingerprint density at radius 1 is 1.40 bits per heavy atom. The van der Waals surface area contributed by atoms with Gasteiger partial charge in [0.1, 0.15) is 6.54 Å². The highest BCUT2D eigenvalue weighted by Crippen LogP contribution is 2.37. The molecule has 2 aromatic heterocycles. The molecular weight excluding hydrogens is 320 g/mol. The highest BCUT2D eigenvalue weighted by atomic mass is 16.3.